The molecular weight excluding hydrogens is 431 g/mol. The molecule has 0 saturated heterocycles. The standard InChI is InChI=1S/C22H25Cl3N2O2/c1-14(21(29)26-22(2,3)4)27(13-16-6-5-7-17(23)10-16)20(28)12-15-8-9-18(24)19(25)11-15/h5-11,14H,12-13H2,1-4H3,(H,26,29). The van der Waals surface area contributed by atoms with Crippen molar-refractivity contribution < 1.29 is 9.59 Å². The summed E-state index contributed by atoms with van der Waals surface area (Å²) in [7, 11) is 0. The van der Waals surface area contributed by atoms with Crippen LogP contribution in [-0.2, 0) is 22.6 Å². The minimum atomic E-state index is -0.663. The van der Waals surface area contributed by atoms with Crippen molar-refractivity contribution in [1.82, 2.24) is 10.2 Å². The van der Waals surface area contributed by atoms with Crippen LogP contribution < -0.4 is 5.32 Å². The summed E-state index contributed by atoms with van der Waals surface area (Å²) in [6, 6.07) is 11.7. The fourth-order valence-electron chi connectivity index (χ4n) is 2.81. The molecule has 0 fully saturated rings. The number of hydrogen-bond acceptors (Lipinski definition) is 2. The molecule has 2 aromatic rings. The average Bonchev–Trinajstić information content (AvgIpc) is 2.60. The lowest BCUT2D eigenvalue weighted by atomic mass is 10.1. The van der Waals surface area contributed by atoms with Crippen LogP contribution in [0, 0.1) is 0 Å². The van der Waals surface area contributed by atoms with Gasteiger partial charge in [-0.15, -0.1) is 0 Å². The maximum absolute atomic E-state index is 13.1. The molecule has 0 saturated carbocycles. The Kier molecular flexibility index (Phi) is 7.98. The lowest BCUT2D eigenvalue weighted by molar-refractivity contribution is -0.140. The fraction of sp³-hybridized carbons (Fsp3) is 0.364. The second kappa shape index (κ2) is 9.84. The molecule has 0 aliphatic heterocycles. The number of carbonyl (C=O) groups is 2. The van der Waals surface area contributed by atoms with Gasteiger partial charge in [-0.25, -0.2) is 0 Å². The Morgan fingerprint density at radius 2 is 1.69 bits per heavy atom. The molecule has 4 nitrogen and oxygen atoms in total. The lowest BCUT2D eigenvalue weighted by Gasteiger charge is -2.31. The molecular formula is C22H25Cl3N2O2. The van der Waals surface area contributed by atoms with Gasteiger partial charge < -0.3 is 10.2 Å². The summed E-state index contributed by atoms with van der Waals surface area (Å²) in [4.78, 5) is 27.4. The van der Waals surface area contributed by atoms with Crippen LogP contribution in [0.25, 0.3) is 0 Å². The number of benzene rings is 2. The molecule has 0 bridgehead atoms. The molecule has 2 rings (SSSR count). The smallest absolute Gasteiger partial charge is 0.242 e. The number of nitrogens with zero attached hydrogens (tertiary/aromatic N) is 1. The Labute approximate surface area is 187 Å². The largest absolute Gasteiger partial charge is 0.350 e. The summed E-state index contributed by atoms with van der Waals surface area (Å²) in [5, 5.41) is 4.32. The van der Waals surface area contributed by atoms with Crippen LogP contribution in [0.3, 0.4) is 0 Å². The van der Waals surface area contributed by atoms with E-state index < -0.39 is 11.6 Å². The first-order valence-electron chi connectivity index (χ1n) is 9.26. The van der Waals surface area contributed by atoms with Gasteiger partial charge in [-0.2, -0.15) is 0 Å². The molecule has 2 aromatic carbocycles. The maximum Gasteiger partial charge on any atom is 0.242 e. The molecule has 29 heavy (non-hydrogen) atoms. The second-order valence-electron chi connectivity index (χ2n) is 7.99. The third-order valence-corrected chi connectivity index (χ3v) is 5.22. The van der Waals surface area contributed by atoms with Crippen LogP contribution in [0.2, 0.25) is 15.1 Å². The average molecular weight is 456 g/mol. The molecule has 0 aromatic heterocycles. The van der Waals surface area contributed by atoms with E-state index in [1.165, 1.54) is 0 Å². The molecule has 1 unspecified atom stereocenters. The first-order valence-corrected chi connectivity index (χ1v) is 10.4. The van der Waals surface area contributed by atoms with Gasteiger partial charge in [-0.1, -0.05) is 53.0 Å². The van der Waals surface area contributed by atoms with E-state index >= 15 is 0 Å². The van der Waals surface area contributed by atoms with Crippen LogP contribution in [0.5, 0.6) is 0 Å². The number of nitrogens with one attached hydrogen (secondary N) is 1. The Bertz CT molecular complexity index is 894. The highest BCUT2D eigenvalue weighted by Crippen LogP contribution is 2.23. The zero-order valence-electron chi connectivity index (χ0n) is 16.9. The summed E-state index contributed by atoms with van der Waals surface area (Å²) in [6.45, 7) is 7.68. The zero-order chi connectivity index (χ0) is 21.8. The quantitative estimate of drug-likeness (QED) is 0.623. The maximum atomic E-state index is 13.1. The van der Waals surface area contributed by atoms with Crippen LogP contribution in [0.15, 0.2) is 42.5 Å². The summed E-state index contributed by atoms with van der Waals surface area (Å²) in [6.07, 6.45) is 0.102. The Morgan fingerprint density at radius 3 is 2.28 bits per heavy atom. The van der Waals surface area contributed by atoms with Gasteiger partial charge in [0, 0.05) is 17.1 Å². The topological polar surface area (TPSA) is 49.4 Å². The molecule has 156 valence electrons. The van der Waals surface area contributed by atoms with E-state index in [0.717, 1.165) is 11.1 Å². The van der Waals surface area contributed by atoms with E-state index in [2.05, 4.69) is 5.32 Å². The van der Waals surface area contributed by atoms with Gasteiger partial charge in [0.15, 0.2) is 0 Å². The van der Waals surface area contributed by atoms with Gasteiger partial charge in [0.2, 0.25) is 11.8 Å². The van der Waals surface area contributed by atoms with Crippen LogP contribution in [0.1, 0.15) is 38.8 Å². The normalized spacial score (nSPS) is 12.4. The highest BCUT2D eigenvalue weighted by Gasteiger charge is 2.28. The molecule has 7 heteroatoms. The number of halogens is 3. The summed E-state index contributed by atoms with van der Waals surface area (Å²) >= 11 is 18.1. The van der Waals surface area contributed by atoms with E-state index in [1.54, 1.807) is 42.2 Å². The molecule has 1 atom stereocenters. The monoisotopic (exact) mass is 454 g/mol. The van der Waals surface area contributed by atoms with E-state index in [1.807, 2.05) is 32.9 Å². The molecule has 0 radical (unpaired) electrons. The number of carbonyl (C=O) groups excluding carboxylic acids is 2. The van der Waals surface area contributed by atoms with Crippen molar-refractivity contribution in [1.29, 1.82) is 0 Å². The fourth-order valence-corrected chi connectivity index (χ4v) is 3.35. The van der Waals surface area contributed by atoms with E-state index in [4.69, 9.17) is 34.8 Å². The van der Waals surface area contributed by atoms with Gasteiger partial charge >= 0.3 is 0 Å². The molecule has 0 aliphatic carbocycles. The van der Waals surface area contributed by atoms with E-state index in [0.29, 0.717) is 15.1 Å². The van der Waals surface area contributed by atoms with E-state index in [9.17, 15) is 9.59 Å². The first-order chi connectivity index (χ1) is 13.5. The number of hydrogen-bond donors (Lipinski definition) is 1. The summed E-state index contributed by atoms with van der Waals surface area (Å²) in [5.74, 6) is -0.415. The van der Waals surface area contributed by atoms with Crippen molar-refractivity contribution in [2.75, 3.05) is 0 Å². The number of amides is 2. The minimum absolute atomic E-state index is 0.102. The van der Waals surface area contributed by atoms with Crippen molar-refractivity contribution in [3.05, 3.63) is 68.7 Å². The zero-order valence-corrected chi connectivity index (χ0v) is 19.2. The lowest BCUT2D eigenvalue weighted by Crippen LogP contribution is -2.52. The third kappa shape index (κ3) is 7.22. The molecule has 2 amide bonds. The summed E-state index contributed by atoms with van der Waals surface area (Å²) in [5.41, 5.74) is 1.17. The van der Waals surface area contributed by atoms with Crippen molar-refractivity contribution in [2.24, 2.45) is 0 Å². The highest BCUT2D eigenvalue weighted by atomic mass is 35.5. The predicted molar refractivity (Wildman–Crippen MR) is 120 cm³/mol. The van der Waals surface area contributed by atoms with E-state index in [-0.39, 0.29) is 24.8 Å². The number of rotatable bonds is 6. The van der Waals surface area contributed by atoms with Crippen LogP contribution >= 0.6 is 34.8 Å². The third-order valence-electron chi connectivity index (χ3n) is 4.25. The second-order valence-corrected chi connectivity index (χ2v) is 9.24. The Balaban J connectivity index is 2.27. The van der Waals surface area contributed by atoms with Crippen LogP contribution in [-0.4, -0.2) is 28.3 Å². The summed E-state index contributed by atoms with van der Waals surface area (Å²) < 4.78 is 0. The molecule has 1 N–H and O–H groups in total. The van der Waals surface area contributed by atoms with Crippen molar-refractivity contribution in [3.63, 3.8) is 0 Å². The van der Waals surface area contributed by atoms with Crippen molar-refractivity contribution >= 4 is 46.6 Å². The highest BCUT2D eigenvalue weighted by molar-refractivity contribution is 6.42. The predicted octanol–water partition coefficient (Wildman–Crippen LogP) is 5.52. The minimum Gasteiger partial charge on any atom is -0.350 e. The molecule has 0 aliphatic rings. The first kappa shape index (κ1) is 23.5. The van der Waals surface area contributed by atoms with Crippen LogP contribution in [0.4, 0.5) is 0 Å². The van der Waals surface area contributed by atoms with Crippen molar-refractivity contribution in [3.8, 4) is 0 Å². The van der Waals surface area contributed by atoms with Crippen molar-refractivity contribution in [2.45, 2.75) is 52.2 Å². The van der Waals surface area contributed by atoms with Gasteiger partial charge in [-0.05, 0) is 63.1 Å². The van der Waals surface area contributed by atoms with Gasteiger partial charge in [0.1, 0.15) is 6.04 Å². The van der Waals surface area contributed by atoms with Gasteiger partial charge in [0.25, 0.3) is 0 Å². The van der Waals surface area contributed by atoms with Gasteiger partial charge in [-0.3, -0.25) is 9.59 Å². The Morgan fingerprint density at radius 1 is 1.00 bits per heavy atom. The van der Waals surface area contributed by atoms with Gasteiger partial charge in [0.05, 0.1) is 16.5 Å². The molecule has 0 heterocycles. The SMILES string of the molecule is CC(C(=O)NC(C)(C)C)N(Cc1cccc(Cl)c1)C(=O)Cc1ccc(Cl)c(Cl)c1. The molecule has 0 spiro atoms. The Hall–Kier alpha value is -1.75.